The summed E-state index contributed by atoms with van der Waals surface area (Å²) in [6.07, 6.45) is 0. The molecule has 0 unspecified atom stereocenters. The SMILES string of the molecule is COC(=O)C1=C(C)NC(C)=C(C(=O)OC)C1C(=O)OCc1cc(C#N)ccc1F. The smallest absolute Gasteiger partial charge is 0.336 e. The molecular formula is C20H19FN2O6. The molecule has 0 saturated carbocycles. The summed E-state index contributed by atoms with van der Waals surface area (Å²) in [4.78, 5) is 37.4. The van der Waals surface area contributed by atoms with Gasteiger partial charge in [0.25, 0.3) is 0 Å². The molecule has 0 aliphatic carbocycles. The van der Waals surface area contributed by atoms with E-state index in [-0.39, 0.29) is 22.3 Å². The fraction of sp³-hybridized carbons (Fsp3) is 0.300. The molecule has 9 heteroatoms. The van der Waals surface area contributed by atoms with Gasteiger partial charge in [-0.05, 0) is 32.0 Å². The van der Waals surface area contributed by atoms with Crippen LogP contribution in [-0.2, 0) is 35.2 Å². The highest BCUT2D eigenvalue weighted by atomic mass is 19.1. The van der Waals surface area contributed by atoms with Crippen LogP contribution in [0.5, 0.6) is 0 Å². The van der Waals surface area contributed by atoms with E-state index in [0.29, 0.717) is 11.4 Å². The molecule has 1 aliphatic heterocycles. The molecular weight excluding hydrogens is 383 g/mol. The third-order valence-corrected chi connectivity index (χ3v) is 4.35. The largest absolute Gasteiger partial charge is 0.466 e. The van der Waals surface area contributed by atoms with Crippen LogP contribution in [0.25, 0.3) is 0 Å². The fourth-order valence-corrected chi connectivity index (χ4v) is 2.98. The van der Waals surface area contributed by atoms with Crippen molar-refractivity contribution in [2.75, 3.05) is 14.2 Å². The first-order valence-corrected chi connectivity index (χ1v) is 8.45. The van der Waals surface area contributed by atoms with Crippen LogP contribution in [0.4, 0.5) is 4.39 Å². The monoisotopic (exact) mass is 402 g/mol. The van der Waals surface area contributed by atoms with Crippen LogP contribution in [0.2, 0.25) is 0 Å². The first-order valence-electron chi connectivity index (χ1n) is 8.45. The van der Waals surface area contributed by atoms with Gasteiger partial charge in [-0.25, -0.2) is 14.0 Å². The lowest BCUT2D eigenvalue weighted by Crippen LogP contribution is -2.37. The Hall–Kier alpha value is -3.67. The zero-order valence-electron chi connectivity index (χ0n) is 16.3. The second kappa shape index (κ2) is 9.01. The zero-order valence-corrected chi connectivity index (χ0v) is 16.3. The molecule has 2 rings (SSSR count). The summed E-state index contributed by atoms with van der Waals surface area (Å²) in [6.45, 7) is 2.59. The number of ether oxygens (including phenoxy) is 3. The summed E-state index contributed by atoms with van der Waals surface area (Å²) in [5.74, 6) is -4.71. The molecule has 0 amide bonds. The van der Waals surface area contributed by atoms with Crippen molar-refractivity contribution >= 4 is 17.9 Å². The second-order valence-corrected chi connectivity index (χ2v) is 6.14. The number of carbonyl (C=O) groups is 3. The van der Waals surface area contributed by atoms with E-state index in [1.165, 1.54) is 12.1 Å². The predicted octanol–water partition coefficient (Wildman–Crippen LogP) is 1.85. The summed E-state index contributed by atoms with van der Waals surface area (Å²) in [5, 5.41) is 11.8. The number of nitriles is 1. The maximum atomic E-state index is 14.0. The summed E-state index contributed by atoms with van der Waals surface area (Å²) in [6, 6.07) is 5.48. The highest BCUT2D eigenvalue weighted by Gasteiger charge is 2.42. The van der Waals surface area contributed by atoms with E-state index in [4.69, 9.17) is 19.5 Å². The van der Waals surface area contributed by atoms with E-state index < -0.39 is 36.2 Å². The Morgan fingerprint density at radius 1 is 1.10 bits per heavy atom. The first kappa shape index (κ1) is 21.6. The highest BCUT2D eigenvalue weighted by molar-refractivity contribution is 6.05. The highest BCUT2D eigenvalue weighted by Crippen LogP contribution is 2.32. The van der Waals surface area contributed by atoms with Crippen LogP contribution in [0, 0.1) is 23.1 Å². The minimum Gasteiger partial charge on any atom is -0.466 e. The molecule has 0 atom stereocenters. The Bertz CT molecular complexity index is 936. The van der Waals surface area contributed by atoms with Crippen LogP contribution < -0.4 is 5.32 Å². The quantitative estimate of drug-likeness (QED) is 0.586. The summed E-state index contributed by atoms with van der Waals surface area (Å²) >= 11 is 0. The lowest BCUT2D eigenvalue weighted by molar-refractivity contribution is -0.152. The molecule has 1 aromatic carbocycles. The average Bonchev–Trinajstić information content (AvgIpc) is 2.71. The molecule has 1 aromatic rings. The number of benzene rings is 1. The van der Waals surface area contributed by atoms with E-state index in [2.05, 4.69) is 5.32 Å². The van der Waals surface area contributed by atoms with Gasteiger partial charge in [-0.2, -0.15) is 5.26 Å². The van der Waals surface area contributed by atoms with Gasteiger partial charge in [0.05, 0.1) is 37.0 Å². The lowest BCUT2D eigenvalue weighted by atomic mass is 9.85. The number of halogens is 1. The summed E-state index contributed by atoms with van der Waals surface area (Å²) in [5.41, 5.74) is 0.552. The number of esters is 3. The molecule has 0 radical (unpaired) electrons. The van der Waals surface area contributed by atoms with Crippen LogP contribution in [-0.4, -0.2) is 32.1 Å². The van der Waals surface area contributed by atoms with Gasteiger partial charge in [0.2, 0.25) is 0 Å². The molecule has 152 valence electrons. The molecule has 0 spiro atoms. The summed E-state index contributed by atoms with van der Waals surface area (Å²) < 4.78 is 28.6. The van der Waals surface area contributed by atoms with Crippen molar-refractivity contribution in [3.8, 4) is 6.07 Å². The maximum absolute atomic E-state index is 14.0. The number of hydrogen-bond acceptors (Lipinski definition) is 8. The normalized spacial score (nSPS) is 14.1. The second-order valence-electron chi connectivity index (χ2n) is 6.14. The van der Waals surface area contributed by atoms with Crippen molar-refractivity contribution < 1.29 is 33.0 Å². The topological polar surface area (TPSA) is 115 Å². The molecule has 0 aromatic heterocycles. The maximum Gasteiger partial charge on any atom is 0.336 e. The van der Waals surface area contributed by atoms with Gasteiger partial charge in [0.1, 0.15) is 18.3 Å². The van der Waals surface area contributed by atoms with Crippen LogP contribution in [0.15, 0.2) is 40.7 Å². The average molecular weight is 402 g/mol. The van der Waals surface area contributed by atoms with E-state index >= 15 is 0 Å². The molecule has 1 heterocycles. The van der Waals surface area contributed by atoms with Crippen molar-refractivity contribution in [1.29, 1.82) is 5.26 Å². The van der Waals surface area contributed by atoms with Crippen molar-refractivity contribution in [1.82, 2.24) is 5.32 Å². The number of carbonyl (C=O) groups excluding carboxylic acids is 3. The van der Waals surface area contributed by atoms with Gasteiger partial charge in [0.15, 0.2) is 0 Å². The van der Waals surface area contributed by atoms with Crippen molar-refractivity contribution in [3.05, 3.63) is 57.7 Å². The number of hydrogen-bond donors (Lipinski definition) is 1. The predicted molar refractivity (Wildman–Crippen MR) is 97.0 cm³/mol. The van der Waals surface area contributed by atoms with E-state index in [1.807, 2.05) is 6.07 Å². The fourth-order valence-electron chi connectivity index (χ4n) is 2.98. The van der Waals surface area contributed by atoms with Crippen molar-refractivity contribution in [2.45, 2.75) is 20.5 Å². The Morgan fingerprint density at radius 2 is 1.66 bits per heavy atom. The molecule has 1 N–H and O–H groups in total. The molecule has 1 aliphatic rings. The van der Waals surface area contributed by atoms with Gasteiger partial charge in [-0.3, -0.25) is 4.79 Å². The Labute approximate surface area is 166 Å². The van der Waals surface area contributed by atoms with Gasteiger partial charge in [0, 0.05) is 17.0 Å². The lowest BCUT2D eigenvalue weighted by Gasteiger charge is -2.28. The summed E-state index contributed by atoms with van der Waals surface area (Å²) in [7, 11) is 2.27. The third kappa shape index (κ3) is 4.43. The Morgan fingerprint density at radius 3 is 2.14 bits per heavy atom. The van der Waals surface area contributed by atoms with Crippen molar-refractivity contribution in [3.63, 3.8) is 0 Å². The molecule has 29 heavy (non-hydrogen) atoms. The molecule has 0 fully saturated rings. The minimum atomic E-state index is -1.42. The van der Waals surface area contributed by atoms with Gasteiger partial charge < -0.3 is 19.5 Å². The number of methoxy groups -OCH3 is 2. The number of rotatable bonds is 5. The van der Waals surface area contributed by atoms with Crippen molar-refractivity contribution in [2.24, 2.45) is 5.92 Å². The van der Waals surface area contributed by atoms with E-state index in [0.717, 1.165) is 20.3 Å². The molecule has 0 bridgehead atoms. The van der Waals surface area contributed by atoms with E-state index in [9.17, 15) is 18.8 Å². The van der Waals surface area contributed by atoms with Crippen LogP contribution in [0.3, 0.4) is 0 Å². The molecule has 0 saturated heterocycles. The standard InChI is InChI=1S/C20H19FN2O6/c1-10-15(18(24)27-3)17(16(11(2)23-10)19(25)28-4)20(26)29-9-13-7-12(8-22)5-6-14(13)21/h5-7,17,23H,9H2,1-4H3. The van der Waals surface area contributed by atoms with Gasteiger partial charge in [-0.1, -0.05) is 0 Å². The van der Waals surface area contributed by atoms with E-state index in [1.54, 1.807) is 13.8 Å². The van der Waals surface area contributed by atoms with Crippen LogP contribution >= 0.6 is 0 Å². The minimum absolute atomic E-state index is 0.0213. The number of dihydropyridines is 1. The van der Waals surface area contributed by atoms with Gasteiger partial charge in [-0.15, -0.1) is 0 Å². The Balaban J connectivity index is 2.41. The Kier molecular flexibility index (Phi) is 6.72. The number of nitrogens with zero attached hydrogens (tertiary/aromatic N) is 1. The first-order chi connectivity index (χ1) is 13.7. The molecule has 8 nitrogen and oxygen atoms in total. The number of nitrogens with one attached hydrogen (secondary N) is 1. The van der Waals surface area contributed by atoms with Crippen LogP contribution in [0.1, 0.15) is 25.0 Å². The number of allylic oxidation sites excluding steroid dienone is 2. The third-order valence-electron chi connectivity index (χ3n) is 4.35. The zero-order chi connectivity index (χ0) is 21.7. The van der Waals surface area contributed by atoms with Gasteiger partial charge >= 0.3 is 17.9 Å².